The lowest BCUT2D eigenvalue weighted by Gasteiger charge is -2.24. The molecule has 1 saturated heterocycles. The number of amides is 1. The third-order valence-corrected chi connectivity index (χ3v) is 5.32. The normalized spacial score (nSPS) is 17.0. The zero-order valence-corrected chi connectivity index (χ0v) is 19.2. The molecule has 1 amide bonds. The van der Waals surface area contributed by atoms with Crippen molar-refractivity contribution in [2.45, 2.75) is 38.1 Å². The van der Waals surface area contributed by atoms with E-state index >= 15 is 0 Å². The van der Waals surface area contributed by atoms with Crippen LogP contribution in [0, 0.1) is 0 Å². The average molecular weight is 480 g/mol. The number of methoxy groups -OCH3 is 1. The Hall–Kier alpha value is -3.02. The molecule has 3 aromatic rings. The Labute approximate surface area is 195 Å². The fourth-order valence-electron chi connectivity index (χ4n) is 3.74. The highest BCUT2D eigenvalue weighted by molar-refractivity contribution is 5.94. The second kappa shape index (κ2) is 10.1. The van der Waals surface area contributed by atoms with E-state index in [0.29, 0.717) is 22.8 Å². The summed E-state index contributed by atoms with van der Waals surface area (Å²) in [5.74, 6) is -0.389. The number of nitrogens with two attached hydrogens (primary N) is 1. The van der Waals surface area contributed by atoms with Crippen LogP contribution in [0.1, 0.15) is 36.3 Å². The van der Waals surface area contributed by atoms with Crippen LogP contribution in [0.3, 0.4) is 0 Å². The molecule has 184 valence electrons. The molecule has 3 aromatic heterocycles. The van der Waals surface area contributed by atoms with Gasteiger partial charge in [0.1, 0.15) is 11.5 Å². The Bertz CT molecular complexity index is 1120. The van der Waals surface area contributed by atoms with E-state index in [1.54, 1.807) is 23.9 Å². The summed E-state index contributed by atoms with van der Waals surface area (Å²) >= 11 is 0. The molecule has 0 aliphatic carbocycles. The monoisotopic (exact) mass is 479 g/mol. The lowest BCUT2D eigenvalue weighted by Crippen LogP contribution is -2.37. The molecule has 0 spiro atoms. The fraction of sp³-hybridized carbons (Fsp3) is 0.435. The third kappa shape index (κ3) is 6.52. The molecule has 1 atom stereocenters. The van der Waals surface area contributed by atoms with E-state index in [-0.39, 0.29) is 5.69 Å². The topological polar surface area (TPSA) is 106 Å². The highest BCUT2D eigenvalue weighted by Crippen LogP contribution is 2.29. The van der Waals surface area contributed by atoms with Crippen molar-refractivity contribution in [2.24, 2.45) is 5.73 Å². The van der Waals surface area contributed by atoms with Gasteiger partial charge in [-0.05, 0) is 44.5 Å². The van der Waals surface area contributed by atoms with E-state index < -0.39 is 23.2 Å². The number of ether oxygens (including phenoxy) is 1. The maximum atomic E-state index is 12.6. The molecular formula is C23H28F3N5O3. The van der Waals surface area contributed by atoms with Gasteiger partial charge >= 0.3 is 6.18 Å². The number of halogens is 3. The van der Waals surface area contributed by atoms with Crippen LogP contribution in [0.15, 0.2) is 42.9 Å². The molecule has 0 bridgehead atoms. The van der Waals surface area contributed by atoms with Gasteiger partial charge in [0.15, 0.2) is 0 Å². The quantitative estimate of drug-likeness (QED) is 0.583. The number of carbonyl (C=O) groups excluding carboxylic acids is 1. The summed E-state index contributed by atoms with van der Waals surface area (Å²) < 4.78 is 44.4. The van der Waals surface area contributed by atoms with Crippen molar-refractivity contribution in [1.29, 1.82) is 0 Å². The number of pyridine rings is 2. The molecule has 1 aliphatic rings. The van der Waals surface area contributed by atoms with E-state index in [0.717, 1.165) is 38.3 Å². The molecule has 0 aromatic carbocycles. The highest BCUT2D eigenvalue weighted by Gasteiger charge is 2.30. The number of likely N-dealkylation sites (tertiary alicyclic amines) is 1. The molecule has 3 N–H and O–H groups in total. The first-order valence-electron chi connectivity index (χ1n) is 10.7. The maximum Gasteiger partial charge on any atom is 0.417 e. The Morgan fingerprint density at radius 3 is 2.50 bits per heavy atom. The van der Waals surface area contributed by atoms with Crippen molar-refractivity contribution in [1.82, 2.24) is 19.4 Å². The van der Waals surface area contributed by atoms with Crippen LogP contribution in [0.25, 0.3) is 16.7 Å². The van der Waals surface area contributed by atoms with Gasteiger partial charge in [0.2, 0.25) is 0 Å². The van der Waals surface area contributed by atoms with Gasteiger partial charge in [0, 0.05) is 50.7 Å². The molecule has 0 radical (unpaired) electrons. The zero-order chi connectivity index (χ0) is 25.1. The molecule has 34 heavy (non-hydrogen) atoms. The number of primary amides is 1. The Morgan fingerprint density at radius 2 is 1.97 bits per heavy atom. The second-order valence-corrected chi connectivity index (χ2v) is 8.78. The maximum absolute atomic E-state index is 12.6. The van der Waals surface area contributed by atoms with Gasteiger partial charge in [0.05, 0.1) is 22.8 Å². The van der Waals surface area contributed by atoms with Crippen molar-refractivity contribution in [3.63, 3.8) is 0 Å². The molecule has 11 heteroatoms. The third-order valence-electron chi connectivity index (χ3n) is 5.32. The number of aromatic nitrogens is 3. The lowest BCUT2D eigenvalue weighted by atomic mass is 10.1. The highest BCUT2D eigenvalue weighted by atomic mass is 19.4. The molecule has 8 nitrogen and oxygen atoms in total. The van der Waals surface area contributed by atoms with Crippen molar-refractivity contribution in [2.75, 3.05) is 26.7 Å². The summed E-state index contributed by atoms with van der Waals surface area (Å²) in [6.45, 7) is 6.43. The van der Waals surface area contributed by atoms with Gasteiger partial charge in [-0.3, -0.25) is 14.7 Å². The summed E-state index contributed by atoms with van der Waals surface area (Å²) in [5.41, 5.74) is 4.42. The fourth-order valence-corrected chi connectivity index (χ4v) is 3.74. The van der Waals surface area contributed by atoms with E-state index in [9.17, 15) is 23.1 Å². The minimum Gasteiger partial charge on any atom is -0.389 e. The van der Waals surface area contributed by atoms with Crippen molar-refractivity contribution >= 4 is 16.8 Å². The number of hydrogen-bond acceptors (Lipinski definition) is 6. The van der Waals surface area contributed by atoms with E-state index in [1.165, 1.54) is 18.3 Å². The largest absolute Gasteiger partial charge is 0.417 e. The van der Waals surface area contributed by atoms with Gasteiger partial charge < -0.3 is 20.1 Å². The minimum atomic E-state index is -4.44. The SMILES string of the molecule is COC1CCN(CC(C)(C)O)C1.NC(=O)c1cc2c(ccn2-c2ccc(C(F)(F)F)cn2)cn1. The van der Waals surface area contributed by atoms with Crippen molar-refractivity contribution in [3.05, 3.63) is 54.1 Å². The van der Waals surface area contributed by atoms with Crippen LogP contribution < -0.4 is 5.73 Å². The first kappa shape index (κ1) is 25.6. The summed E-state index contributed by atoms with van der Waals surface area (Å²) in [7, 11) is 1.75. The van der Waals surface area contributed by atoms with Crippen LogP contribution in [-0.4, -0.2) is 68.9 Å². The summed E-state index contributed by atoms with van der Waals surface area (Å²) in [6, 6.07) is 5.39. The smallest absolute Gasteiger partial charge is 0.389 e. The second-order valence-electron chi connectivity index (χ2n) is 8.78. The van der Waals surface area contributed by atoms with Crippen LogP contribution in [0.5, 0.6) is 0 Å². The first-order chi connectivity index (χ1) is 15.9. The number of rotatable bonds is 5. The Kier molecular flexibility index (Phi) is 7.59. The van der Waals surface area contributed by atoms with Crippen molar-refractivity contribution in [3.8, 4) is 5.82 Å². The molecular weight excluding hydrogens is 451 g/mol. The molecule has 1 unspecified atom stereocenters. The van der Waals surface area contributed by atoms with Crippen LogP contribution in [-0.2, 0) is 10.9 Å². The molecule has 1 aliphatic heterocycles. The zero-order valence-electron chi connectivity index (χ0n) is 19.2. The van der Waals surface area contributed by atoms with Gasteiger partial charge in [-0.1, -0.05) is 0 Å². The number of alkyl halides is 3. The van der Waals surface area contributed by atoms with Gasteiger partial charge in [-0.15, -0.1) is 0 Å². The first-order valence-corrected chi connectivity index (χ1v) is 10.7. The van der Waals surface area contributed by atoms with Crippen LogP contribution in [0.2, 0.25) is 0 Å². The number of β-amino-alcohol motifs (C(OH)–C–C–N with tert-alkyl or cyclic N) is 1. The standard InChI is InChI=1S/C14H9F3N4O.C9H19NO2/c15-14(16,17)9-1-2-12(20-7-9)21-4-3-8-6-19-10(13(18)22)5-11(8)21;1-9(2,11)7-10-5-4-8(6-10)12-3/h1-7H,(H2,18,22);8,11H,4-7H2,1-3H3. The molecule has 0 saturated carbocycles. The van der Waals surface area contributed by atoms with Crippen molar-refractivity contribution < 1.29 is 27.8 Å². The van der Waals surface area contributed by atoms with Crippen LogP contribution >= 0.6 is 0 Å². The number of carbonyl (C=O) groups is 1. The molecule has 4 heterocycles. The Morgan fingerprint density at radius 1 is 1.24 bits per heavy atom. The van der Waals surface area contributed by atoms with E-state index in [2.05, 4.69) is 14.9 Å². The van der Waals surface area contributed by atoms with Crippen LogP contribution in [0.4, 0.5) is 13.2 Å². The number of hydrogen-bond donors (Lipinski definition) is 2. The summed E-state index contributed by atoms with van der Waals surface area (Å²) in [5, 5.41) is 10.3. The average Bonchev–Trinajstić information content (AvgIpc) is 3.38. The molecule has 4 rings (SSSR count). The summed E-state index contributed by atoms with van der Waals surface area (Å²) in [4.78, 5) is 21.1. The molecule has 1 fully saturated rings. The van der Waals surface area contributed by atoms with Gasteiger partial charge in [0.25, 0.3) is 5.91 Å². The predicted molar refractivity (Wildman–Crippen MR) is 121 cm³/mol. The predicted octanol–water partition coefficient (Wildman–Crippen LogP) is 3.02. The van der Waals surface area contributed by atoms with Gasteiger partial charge in [-0.25, -0.2) is 4.98 Å². The number of aliphatic hydroxyl groups is 1. The number of nitrogens with zero attached hydrogens (tertiary/aromatic N) is 4. The van der Waals surface area contributed by atoms with E-state index in [1.807, 2.05) is 13.8 Å². The minimum absolute atomic E-state index is 0.0689. The lowest BCUT2D eigenvalue weighted by molar-refractivity contribution is -0.137. The number of fused-ring (bicyclic) bond motifs is 1. The Balaban J connectivity index is 0.000000229. The van der Waals surface area contributed by atoms with E-state index in [4.69, 9.17) is 10.5 Å². The van der Waals surface area contributed by atoms with Gasteiger partial charge in [-0.2, -0.15) is 13.2 Å². The summed E-state index contributed by atoms with van der Waals surface area (Å²) in [6.07, 6.45) is 0.882.